The first-order valence-corrected chi connectivity index (χ1v) is 16.9. The predicted octanol–water partition coefficient (Wildman–Crippen LogP) is 5.37. The molecule has 6 heteroatoms. The fraction of sp³-hybridized carbons (Fsp3) is 0.576. The van der Waals surface area contributed by atoms with Gasteiger partial charge in [0.25, 0.3) is 8.32 Å². The van der Waals surface area contributed by atoms with Gasteiger partial charge in [-0.25, -0.2) is 9.69 Å². The Morgan fingerprint density at radius 3 is 2.08 bits per heavy atom. The highest BCUT2D eigenvalue weighted by Gasteiger charge is 2.66. The first-order valence-electron chi connectivity index (χ1n) is 15.0. The molecule has 4 bridgehead atoms. The van der Waals surface area contributed by atoms with Crippen LogP contribution in [0.3, 0.4) is 0 Å². The molecule has 5 nitrogen and oxygen atoms in total. The molecular formula is C33H41NO4Si. The molecule has 39 heavy (non-hydrogen) atoms. The van der Waals surface area contributed by atoms with Crippen LogP contribution < -0.4 is 10.4 Å². The van der Waals surface area contributed by atoms with Gasteiger partial charge in [-0.1, -0.05) is 88.4 Å². The van der Waals surface area contributed by atoms with Crippen LogP contribution in [0.15, 0.2) is 60.7 Å². The molecule has 4 aliphatic carbocycles. The van der Waals surface area contributed by atoms with Gasteiger partial charge in [0, 0.05) is 17.8 Å². The molecule has 2 aromatic carbocycles. The van der Waals surface area contributed by atoms with Crippen molar-refractivity contribution in [1.82, 2.24) is 4.90 Å². The van der Waals surface area contributed by atoms with Crippen molar-refractivity contribution < 1.29 is 18.8 Å². The zero-order chi connectivity index (χ0) is 27.1. The number of nitrogens with zero attached hydrogens (tertiary/aromatic N) is 1. The van der Waals surface area contributed by atoms with Gasteiger partial charge in [0.2, 0.25) is 5.91 Å². The van der Waals surface area contributed by atoms with Crippen LogP contribution >= 0.6 is 0 Å². The number of carbonyl (C=O) groups excluding carboxylic acids is 2. The molecule has 0 radical (unpaired) electrons. The second-order valence-corrected chi connectivity index (χ2v) is 18.2. The minimum Gasteiger partial charge on any atom is -0.443 e. The summed E-state index contributed by atoms with van der Waals surface area (Å²) in [6.45, 7) is 9.15. The van der Waals surface area contributed by atoms with Gasteiger partial charge in [0.05, 0.1) is 12.1 Å². The summed E-state index contributed by atoms with van der Waals surface area (Å²) in [5.41, 5.74) is 0. The average molecular weight is 544 g/mol. The Morgan fingerprint density at radius 1 is 0.897 bits per heavy atom. The smallest absolute Gasteiger partial charge is 0.417 e. The second-order valence-electron chi connectivity index (χ2n) is 14.0. The molecule has 5 fully saturated rings. The minimum atomic E-state index is -2.74. The van der Waals surface area contributed by atoms with Crippen LogP contribution in [0.5, 0.6) is 0 Å². The van der Waals surface area contributed by atoms with Gasteiger partial charge in [0.1, 0.15) is 6.10 Å². The molecule has 7 rings (SSSR count). The van der Waals surface area contributed by atoms with Crippen molar-refractivity contribution >= 4 is 30.7 Å². The number of ether oxygens (including phenoxy) is 1. The molecule has 0 unspecified atom stereocenters. The van der Waals surface area contributed by atoms with E-state index in [9.17, 15) is 9.59 Å². The first-order chi connectivity index (χ1) is 18.7. The number of benzene rings is 2. The van der Waals surface area contributed by atoms with Gasteiger partial charge < -0.3 is 9.16 Å². The quantitative estimate of drug-likeness (QED) is 0.476. The van der Waals surface area contributed by atoms with E-state index in [1.54, 1.807) is 4.90 Å². The highest BCUT2D eigenvalue weighted by atomic mass is 28.4. The van der Waals surface area contributed by atoms with Crippen molar-refractivity contribution in [2.45, 2.75) is 83.1 Å². The number of carbonyl (C=O) groups is 2. The van der Waals surface area contributed by atoms with Crippen molar-refractivity contribution in [2.24, 2.45) is 35.5 Å². The first kappa shape index (κ1) is 25.5. The Kier molecular flexibility index (Phi) is 5.91. The topological polar surface area (TPSA) is 55.8 Å². The van der Waals surface area contributed by atoms with E-state index < -0.39 is 14.4 Å². The van der Waals surface area contributed by atoms with Crippen LogP contribution in [0.2, 0.25) is 5.04 Å². The van der Waals surface area contributed by atoms with Gasteiger partial charge in [-0.2, -0.15) is 0 Å². The minimum absolute atomic E-state index is 0.00944. The molecule has 1 saturated heterocycles. The summed E-state index contributed by atoms with van der Waals surface area (Å²) in [4.78, 5) is 28.9. The van der Waals surface area contributed by atoms with Gasteiger partial charge in [-0.3, -0.25) is 4.79 Å². The van der Waals surface area contributed by atoms with Crippen molar-refractivity contribution in [3.05, 3.63) is 60.7 Å². The molecule has 4 saturated carbocycles. The highest BCUT2D eigenvalue weighted by Crippen LogP contribution is 2.57. The standard InChI is InChI=1S/C33H41NO4Si/c1-20-21-15-16-22(17-21)28(20)31(35)34-29-26-18-23(30(29)37-32(34)36)19-27(26)38-39(33(2,3)4,24-11-7-5-8-12-24)25-13-9-6-10-14-25/h5-14,20-23,26-30H,15-19H2,1-4H3/t20-,21+,22-,23-,26+,27-,28+,29-,30+/m0/s1. The summed E-state index contributed by atoms with van der Waals surface area (Å²) in [6.07, 6.45) is 4.73. The fourth-order valence-electron chi connectivity index (χ4n) is 9.48. The summed E-state index contributed by atoms with van der Waals surface area (Å²) >= 11 is 0. The van der Waals surface area contributed by atoms with E-state index in [0.29, 0.717) is 17.8 Å². The van der Waals surface area contributed by atoms with Crippen molar-refractivity contribution in [1.29, 1.82) is 0 Å². The van der Waals surface area contributed by atoms with Crippen LogP contribution in [0.25, 0.3) is 0 Å². The number of hydrogen-bond donors (Lipinski definition) is 0. The van der Waals surface area contributed by atoms with E-state index in [0.717, 1.165) is 25.7 Å². The summed E-state index contributed by atoms with van der Waals surface area (Å²) in [6, 6.07) is 21.3. The molecule has 0 N–H and O–H groups in total. The molecule has 9 atom stereocenters. The Bertz CT molecular complexity index is 1220. The highest BCUT2D eigenvalue weighted by molar-refractivity contribution is 6.99. The number of amides is 2. The Morgan fingerprint density at radius 2 is 1.51 bits per heavy atom. The average Bonchev–Trinajstić information content (AvgIpc) is 3.73. The lowest BCUT2D eigenvalue weighted by molar-refractivity contribution is -0.138. The zero-order valence-electron chi connectivity index (χ0n) is 23.6. The molecule has 2 aromatic rings. The summed E-state index contributed by atoms with van der Waals surface area (Å²) in [7, 11) is -2.74. The Hall–Kier alpha value is -2.44. The van der Waals surface area contributed by atoms with E-state index in [4.69, 9.17) is 9.16 Å². The number of fused-ring (bicyclic) bond motifs is 7. The maximum absolute atomic E-state index is 14.1. The summed E-state index contributed by atoms with van der Waals surface area (Å²) in [5.74, 6) is 1.77. The van der Waals surface area contributed by atoms with E-state index >= 15 is 0 Å². The second kappa shape index (κ2) is 9.03. The normalized spacial score (nSPS) is 36.9. The molecule has 0 aromatic heterocycles. The number of hydrogen-bond acceptors (Lipinski definition) is 4. The van der Waals surface area contributed by atoms with Gasteiger partial charge in [-0.15, -0.1) is 0 Å². The Labute approximate surface area is 233 Å². The lowest BCUT2D eigenvalue weighted by atomic mass is 9.79. The SMILES string of the molecule is C[C@H]1[C@@H]2CC[C@@H](C2)[C@@H]1C(=O)N1C(=O)O[C@@H]2[C@H]3C[C@@H]([C@@H]21)[C@@H](O[Si](c1ccccc1)(c1ccccc1)C(C)(C)C)C3. The molecule has 2 amide bonds. The van der Waals surface area contributed by atoms with Gasteiger partial charge >= 0.3 is 6.09 Å². The maximum Gasteiger partial charge on any atom is 0.417 e. The Balaban J connectivity index is 1.24. The number of rotatable bonds is 5. The van der Waals surface area contributed by atoms with E-state index in [2.05, 4.69) is 88.4 Å². The number of imide groups is 1. The third-order valence-corrected chi connectivity index (χ3v) is 16.2. The molecule has 5 aliphatic rings. The van der Waals surface area contributed by atoms with Crippen molar-refractivity contribution in [3.63, 3.8) is 0 Å². The lowest BCUT2D eigenvalue weighted by Crippen LogP contribution is -2.68. The zero-order valence-corrected chi connectivity index (χ0v) is 24.6. The third-order valence-electron chi connectivity index (χ3n) is 11.2. The molecule has 1 heterocycles. The van der Waals surface area contributed by atoms with E-state index in [-0.39, 0.29) is 46.9 Å². The van der Waals surface area contributed by atoms with Crippen molar-refractivity contribution in [3.8, 4) is 0 Å². The van der Waals surface area contributed by atoms with Crippen LogP contribution in [0, 0.1) is 35.5 Å². The molecule has 0 spiro atoms. The van der Waals surface area contributed by atoms with Gasteiger partial charge in [-0.05, 0) is 65.3 Å². The fourth-order valence-corrected chi connectivity index (χ4v) is 14.2. The monoisotopic (exact) mass is 543 g/mol. The van der Waals surface area contributed by atoms with E-state index in [1.165, 1.54) is 16.8 Å². The van der Waals surface area contributed by atoms with Crippen LogP contribution in [-0.4, -0.2) is 43.5 Å². The molecular weight excluding hydrogens is 502 g/mol. The van der Waals surface area contributed by atoms with Crippen molar-refractivity contribution in [2.75, 3.05) is 0 Å². The van der Waals surface area contributed by atoms with Crippen LogP contribution in [0.4, 0.5) is 4.79 Å². The maximum atomic E-state index is 14.1. The van der Waals surface area contributed by atoms with E-state index in [1.807, 2.05) is 0 Å². The van der Waals surface area contributed by atoms with Crippen LogP contribution in [-0.2, 0) is 14.0 Å². The summed E-state index contributed by atoms with van der Waals surface area (Å²) < 4.78 is 13.5. The predicted molar refractivity (Wildman–Crippen MR) is 153 cm³/mol. The van der Waals surface area contributed by atoms with Crippen LogP contribution in [0.1, 0.15) is 59.8 Å². The molecule has 206 valence electrons. The third kappa shape index (κ3) is 3.66. The largest absolute Gasteiger partial charge is 0.443 e. The summed E-state index contributed by atoms with van der Waals surface area (Å²) in [5, 5.41) is 2.42. The lowest BCUT2D eigenvalue weighted by Gasteiger charge is -2.47. The molecule has 1 aliphatic heterocycles. The van der Waals surface area contributed by atoms with Gasteiger partial charge in [0.15, 0.2) is 0 Å².